The molecule has 1 aromatic carbocycles. The first kappa shape index (κ1) is 8.01. The van der Waals surface area contributed by atoms with E-state index < -0.39 is 0 Å². The van der Waals surface area contributed by atoms with Gasteiger partial charge < -0.3 is 5.32 Å². The molecular formula is C8H8NOS. The first-order valence-corrected chi connectivity index (χ1v) is 3.64. The van der Waals surface area contributed by atoms with E-state index in [2.05, 4.69) is 5.32 Å². The van der Waals surface area contributed by atoms with Crippen LogP contribution < -0.4 is 5.32 Å². The first-order chi connectivity index (χ1) is 5.20. The number of benzene rings is 1. The molecule has 1 N–H and O–H groups in total. The van der Waals surface area contributed by atoms with Gasteiger partial charge in [0.2, 0.25) is 5.91 Å². The Labute approximate surface area is 71.0 Å². The summed E-state index contributed by atoms with van der Waals surface area (Å²) in [7, 11) is 0. The second-order valence-corrected chi connectivity index (χ2v) is 2.62. The Morgan fingerprint density at radius 1 is 1.45 bits per heavy atom. The van der Waals surface area contributed by atoms with Gasteiger partial charge >= 0.3 is 0 Å². The molecule has 1 rings (SSSR count). The van der Waals surface area contributed by atoms with Gasteiger partial charge in [0.25, 0.3) is 0 Å². The van der Waals surface area contributed by atoms with Gasteiger partial charge in [-0.05, 0) is 12.1 Å². The molecule has 0 atom stereocenters. The molecule has 1 radical (unpaired) electrons. The van der Waals surface area contributed by atoms with E-state index >= 15 is 0 Å². The monoisotopic (exact) mass is 166 g/mol. The van der Waals surface area contributed by atoms with E-state index in [1.807, 2.05) is 12.1 Å². The van der Waals surface area contributed by atoms with Crippen molar-refractivity contribution in [2.24, 2.45) is 0 Å². The molecule has 0 aromatic heterocycles. The molecule has 0 bridgehead atoms. The average Bonchev–Trinajstić information content (AvgIpc) is 1.93. The van der Waals surface area contributed by atoms with Crippen molar-refractivity contribution in [2.45, 2.75) is 11.8 Å². The van der Waals surface area contributed by atoms with Crippen LogP contribution in [0.1, 0.15) is 6.92 Å². The highest BCUT2D eigenvalue weighted by Crippen LogP contribution is 2.17. The Morgan fingerprint density at radius 3 is 2.64 bits per heavy atom. The minimum atomic E-state index is -0.0951. The van der Waals surface area contributed by atoms with Crippen molar-refractivity contribution in [3.8, 4) is 0 Å². The molecule has 0 aliphatic rings. The third-order valence-corrected chi connectivity index (χ3v) is 1.55. The standard InChI is InChI=1S/C8H8NOS/c1-6(10)9-7-4-2-3-5-8(7)11/h2-5H,1H3,(H,9,10). The lowest BCUT2D eigenvalue weighted by atomic mass is 10.3. The lowest BCUT2D eigenvalue weighted by molar-refractivity contribution is -0.114. The summed E-state index contributed by atoms with van der Waals surface area (Å²) >= 11 is 4.96. The number of para-hydroxylation sites is 1. The Bertz CT molecular complexity index is 273. The van der Waals surface area contributed by atoms with E-state index in [4.69, 9.17) is 12.6 Å². The predicted octanol–water partition coefficient (Wildman–Crippen LogP) is 2.20. The van der Waals surface area contributed by atoms with Crippen molar-refractivity contribution in [3.63, 3.8) is 0 Å². The molecule has 0 fully saturated rings. The molecule has 1 aromatic rings. The van der Waals surface area contributed by atoms with Crippen LogP contribution in [0, 0.1) is 0 Å². The predicted molar refractivity (Wildman–Crippen MR) is 46.6 cm³/mol. The van der Waals surface area contributed by atoms with Gasteiger partial charge in [-0.2, -0.15) is 0 Å². The SMILES string of the molecule is CC(=O)Nc1ccccc1[S]. The highest BCUT2D eigenvalue weighted by atomic mass is 32.1. The van der Waals surface area contributed by atoms with Crippen LogP contribution in [0.3, 0.4) is 0 Å². The third kappa shape index (κ3) is 2.20. The zero-order chi connectivity index (χ0) is 8.27. The fourth-order valence-corrected chi connectivity index (χ4v) is 0.957. The summed E-state index contributed by atoms with van der Waals surface area (Å²) in [4.78, 5) is 11.3. The highest BCUT2D eigenvalue weighted by Gasteiger charge is 1.98. The van der Waals surface area contributed by atoms with E-state index in [0.29, 0.717) is 10.6 Å². The molecule has 0 aliphatic heterocycles. The van der Waals surface area contributed by atoms with Crippen LogP contribution in [0.2, 0.25) is 0 Å². The molecule has 0 spiro atoms. The van der Waals surface area contributed by atoms with Gasteiger partial charge in [0, 0.05) is 6.92 Å². The number of amides is 1. The molecule has 0 aliphatic carbocycles. The van der Waals surface area contributed by atoms with E-state index in [9.17, 15) is 4.79 Å². The van der Waals surface area contributed by atoms with E-state index in [1.165, 1.54) is 6.92 Å². The van der Waals surface area contributed by atoms with Crippen LogP contribution >= 0.6 is 12.6 Å². The van der Waals surface area contributed by atoms with Gasteiger partial charge in [-0.1, -0.05) is 24.8 Å². The zero-order valence-corrected chi connectivity index (χ0v) is 6.94. The molecule has 57 valence electrons. The van der Waals surface area contributed by atoms with Gasteiger partial charge in [0.05, 0.1) is 10.6 Å². The van der Waals surface area contributed by atoms with Crippen molar-refractivity contribution in [2.75, 3.05) is 5.32 Å². The van der Waals surface area contributed by atoms with Crippen molar-refractivity contribution in [1.29, 1.82) is 0 Å². The van der Waals surface area contributed by atoms with E-state index in [0.717, 1.165) is 0 Å². The van der Waals surface area contributed by atoms with Gasteiger partial charge in [-0.25, -0.2) is 0 Å². The average molecular weight is 166 g/mol. The molecule has 0 saturated heterocycles. The molecule has 3 heteroatoms. The number of anilines is 1. The number of hydrogen-bond acceptors (Lipinski definition) is 1. The van der Waals surface area contributed by atoms with Crippen LogP contribution in [0.25, 0.3) is 0 Å². The molecule has 1 amide bonds. The van der Waals surface area contributed by atoms with Crippen molar-refractivity contribution < 1.29 is 4.79 Å². The Morgan fingerprint density at radius 2 is 2.09 bits per heavy atom. The van der Waals surface area contributed by atoms with Crippen molar-refractivity contribution in [1.82, 2.24) is 0 Å². The Hall–Kier alpha value is -1.09. The maximum Gasteiger partial charge on any atom is 0.221 e. The van der Waals surface area contributed by atoms with Gasteiger partial charge in [0.15, 0.2) is 0 Å². The van der Waals surface area contributed by atoms with Crippen LogP contribution in [0.4, 0.5) is 5.69 Å². The minimum absolute atomic E-state index is 0.0951. The summed E-state index contributed by atoms with van der Waals surface area (Å²) in [6.07, 6.45) is 0. The summed E-state index contributed by atoms with van der Waals surface area (Å²) in [5.74, 6) is -0.0951. The Kier molecular flexibility index (Phi) is 2.44. The fourth-order valence-electron chi connectivity index (χ4n) is 0.760. The molecule has 2 nitrogen and oxygen atoms in total. The van der Waals surface area contributed by atoms with Crippen LogP contribution in [-0.2, 0) is 4.79 Å². The molecule has 11 heavy (non-hydrogen) atoms. The largest absolute Gasteiger partial charge is 0.325 e. The molecular weight excluding hydrogens is 158 g/mol. The summed E-state index contributed by atoms with van der Waals surface area (Å²) in [6.45, 7) is 1.46. The number of carbonyl (C=O) groups is 1. The fraction of sp³-hybridized carbons (Fsp3) is 0.125. The number of rotatable bonds is 1. The highest BCUT2D eigenvalue weighted by molar-refractivity contribution is 7.80. The van der Waals surface area contributed by atoms with Crippen LogP contribution in [0.5, 0.6) is 0 Å². The maximum absolute atomic E-state index is 10.6. The third-order valence-electron chi connectivity index (χ3n) is 1.20. The second-order valence-electron chi connectivity index (χ2n) is 2.18. The van der Waals surface area contributed by atoms with Crippen LogP contribution in [-0.4, -0.2) is 5.91 Å². The topological polar surface area (TPSA) is 29.1 Å². The summed E-state index contributed by atoms with van der Waals surface area (Å²) in [5, 5.41) is 2.63. The molecule has 0 heterocycles. The second kappa shape index (κ2) is 3.34. The van der Waals surface area contributed by atoms with Gasteiger partial charge in [0.1, 0.15) is 0 Å². The number of hydrogen-bond donors (Lipinski definition) is 1. The van der Waals surface area contributed by atoms with Gasteiger partial charge in [-0.15, -0.1) is 0 Å². The lowest BCUT2D eigenvalue weighted by Gasteiger charge is -2.02. The summed E-state index contributed by atoms with van der Waals surface area (Å²) in [6, 6.07) is 7.24. The van der Waals surface area contributed by atoms with E-state index in [1.54, 1.807) is 12.1 Å². The van der Waals surface area contributed by atoms with Crippen molar-refractivity contribution >= 4 is 24.2 Å². The number of carbonyl (C=O) groups excluding carboxylic acids is 1. The first-order valence-electron chi connectivity index (χ1n) is 3.24. The van der Waals surface area contributed by atoms with Gasteiger partial charge in [-0.3, -0.25) is 4.79 Å². The lowest BCUT2D eigenvalue weighted by Crippen LogP contribution is -2.05. The van der Waals surface area contributed by atoms with E-state index in [-0.39, 0.29) is 5.91 Å². The normalized spacial score (nSPS) is 9.18. The summed E-state index contributed by atoms with van der Waals surface area (Å²) in [5.41, 5.74) is 0.704. The van der Waals surface area contributed by atoms with Crippen LogP contribution in [0.15, 0.2) is 29.2 Å². The number of nitrogens with one attached hydrogen (secondary N) is 1. The van der Waals surface area contributed by atoms with Crippen molar-refractivity contribution in [3.05, 3.63) is 24.3 Å². The quantitative estimate of drug-likeness (QED) is 0.680. The minimum Gasteiger partial charge on any atom is -0.325 e. The Balaban J connectivity index is 2.86. The molecule has 0 saturated carbocycles. The zero-order valence-electron chi connectivity index (χ0n) is 6.13. The summed E-state index contributed by atoms with van der Waals surface area (Å²) < 4.78 is 0. The maximum atomic E-state index is 10.6. The smallest absolute Gasteiger partial charge is 0.221 e. The molecule has 0 unspecified atom stereocenters.